The maximum Gasteiger partial charge on any atom is 0.338 e. The minimum atomic E-state index is -0.838. The molecule has 0 radical (unpaired) electrons. The Kier molecular flexibility index (Phi) is 6.81. The second-order valence-electron chi connectivity index (χ2n) is 6.80. The van der Waals surface area contributed by atoms with Gasteiger partial charge in [-0.3, -0.25) is 9.59 Å². The van der Waals surface area contributed by atoms with Gasteiger partial charge in [0.1, 0.15) is 0 Å². The van der Waals surface area contributed by atoms with E-state index >= 15 is 0 Å². The number of ether oxygens (including phenoxy) is 1. The van der Waals surface area contributed by atoms with Crippen LogP contribution in [0.1, 0.15) is 52.6 Å². The van der Waals surface area contributed by atoms with Crippen molar-refractivity contribution in [3.8, 4) is 0 Å². The molecule has 1 aromatic carbocycles. The first-order chi connectivity index (χ1) is 13.5. The molecule has 7 heteroatoms. The molecule has 28 heavy (non-hydrogen) atoms. The van der Waals surface area contributed by atoms with Crippen LogP contribution in [0.2, 0.25) is 0 Å². The molecule has 1 aliphatic rings. The summed E-state index contributed by atoms with van der Waals surface area (Å²) in [6.45, 7) is 3.03. The van der Waals surface area contributed by atoms with Gasteiger partial charge in [-0.1, -0.05) is 25.0 Å². The van der Waals surface area contributed by atoms with Crippen molar-refractivity contribution in [2.24, 2.45) is 0 Å². The number of likely N-dealkylation sites (tertiary alicyclic amines) is 1. The predicted octanol–water partition coefficient (Wildman–Crippen LogP) is 3.95. The molecule has 2 aromatic rings. The zero-order chi connectivity index (χ0) is 19.9. The first-order valence-corrected chi connectivity index (χ1v) is 10.4. The molecule has 2 heterocycles. The molecule has 0 unspecified atom stereocenters. The molecule has 3 rings (SSSR count). The van der Waals surface area contributed by atoms with Gasteiger partial charge in [0.2, 0.25) is 0 Å². The van der Waals surface area contributed by atoms with E-state index in [4.69, 9.17) is 4.74 Å². The van der Waals surface area contributed by atoms with Gasteiger partial charge in [0.25, 0.3) is 11.8 Å². The van der Waals surface area contributed by atoms with Crippen LogP contribution >= 0.6 is 11.3 Å². The molecule has 1 aromatic heterocycles. The van der Waals surface area contributed by atoms with Gasteiger partial charge in [0, 0.05) is 18.8 Å². The van der Waals surface area contributed by atoms with Gasteiger partial charge in [-0.15, -0.1) is 11.3 Å². The normalized spacial score (nSPS) is 15.4. The van der Waals surface area contributed by atoms with Crippen molar-refractivity contribution in [3.05, 3.63) is 52.2 Å². The maximum atomic E-state index is 12.6. The van der Waals surface area contributed by atoms with E-state index in [9.17, 15) is 14.4 Å². The number of carbonyl (C=O) groups is 3. The van der Waals surface area contributed by atoms with E-state index in [1.165, 1.54) is 11.3 Å². The van der Waals surface area contributed by atoms with Crippen LogP contribution in [0.4, 0.5) is 5.69 Å². The summed E-state index contributed by atoms with van der Waals surface area (Å²) in [5.74, 6) is -0.967. The number of nitrogens with zero attached hydrogens (tertiary/aromatic N) is 1. The lowest BCUT2D eigenvalue weighted by Crippen LogP contribution is -2.40. The molecule has 0 bridgehead atoms. The van der Waals surface area contributed by atoms with Crippen molar-refractivity contribution >= 4 is 34.8 Å². The smallest absolute Gasteiger partial charge is 0.338 e. The number of rotatable bonds is 5. The van der Waals surface area contributed by atoms with Crippen LogP contribution in [0.3, 0.4) is 0 Å². The Labute approximate surface area is 168 Å². The molecule has 148 valence electrons. The third kappa shape index (κ3) is 5.19. The lowest BCUT2D eigenvalue weighted by molar-refractivity contribution is -0.139. The van der Waals surface area contributed by atoms with E-state index in [-0.39, 0.29) is 11.8 Å². The largest absolute Gasteiger partial charge is 0.449 e. The van der Waals surface area contributed by atoms with Crippen LogP contribution in [0.5, 0.6) is 0 Å². The van der Waals surface area contributed by atoms with E-state index in [0.29, 0.717) is 29.2 Å². The minimum Gasteiger partial charge on any atom is -0.449 e. The maximum absolute atomic E-state index is 12.6. The Morgan fingerprint density at radius 2 is 1.82 bits per heavy atom. The number of carbonyl (C=O) groups excluding carboxylic acids is 3. The van der Waals surface area contributed by atoms with Gasteiger partial charge in [-0.2, -0.15) is 0 Å². The number of hydrogen-bond acceptors (Lipinski definition) is 5. The van der Waals surface area contributed by atoms with Gasteiger partial charge in [0.15, 0.2) is 6.10 Å². The zero-order valence-corrected chi connectivity index (χ0v) is 16.7. The summed E-state index contributed by atoms with van der Waals surface area (Å²) in [7, 11) is 0. The van der Waals surface area contributed by atoms with Crippen molar-refractivity contribution in [2.45, 2.75) is 38.7 Å². The SMILES string of the molecule is C[C@@H](OC(=O)c1cccc(NC(=O)c2cccs2)c1)C(=O)N1CCCCCC1. The summed E-state index contributed by atoms with van der Waals surface area (Å²) in [5, 5.41) is 4.59. The Hall–Kier alpha value is -2.67. The topological polar surface area (TPSA) is 75.7 Å². The molecular weight excluding hydrogens is 376 g/mol. The Bertz CT molecular complexity index is 827. The number of hydrogen-bond donors (Lipinski definition) is 1. The summed E-state index contributed by atoms with van der Waals surface area (Å²) >= 11 is 1.34. The lowest BCUT2D eigenvalue weighted by atomic mass is 10.2. The molecule has 1 atom stereocenters. The molecule has 2 amide bonds. The molecule has 1 fully saturated rings. The van der Waals surface area contributed by atoms with Crippen LogP contribution in [0.15, 0.2) is 41.8 Å². The fourth-order valence-corrected chi connectivity index (χ4v) is 3.77. The van der Waals surface area contributed by atoms with Crippen molar-refractivity contribution in [1.29, 1.82) is 0 Å². The molecule has 0 spiro atoms. The summed E-state index contributed by atoms with van der Waals surface area (Å²) in [4.78, 5) is 39.6. The average Bonchev–Trinajstić information content (AvgIpc) is 3.10. The third-order valence-electron chi connectivity index (χ3n) is 4.65. The second-order valence-corrected chi connectivity index (χ2v) is 7.75. The van der Waals surface area contributed by atoms with Crippen LogP contribution < -0.4 is 5.32 Å². The van der Waals surface area contributed by atoms with E-state index in [2.05, 4.69) is 5.32 Å². The minimum absolute atomic E-state index is 0.155. The first kappa shape index (κ1) is 20.1. The van der Waals surface area contributed by atoms with E-state index < -0.39 is 12.1 Å². The van der Waals surface area contributed by atoms with E-state index in [1.807, 2.05) is 5.38 Å². The number of benzene rings is 1. The van der Waals surface area contributed by atoms with Crippen molar-refractivity contribution in [3.63, 3.8) is 0 Å². The van der Waals surface area contributed by atoms with Gasteiger partial charge in [-0.25, -0.2) is 4.79 Å². The summed E-state index contributed by atoms with van der Waals surface area (Å²) in [5.41, 5.74) is 0.791. The number of anilines is 1. The fourth-order valence-electron chi connectivity index (χ4n) is 3.15. The standard InChI is InChI=1S/C21H24N2O4S/c1-15(20(25)23-11-4-2-3-5-12-23)27-21(26)16-8-6-9-17(14-16)22-19(24)18-10-7-13-28-18/h6-10,13-15H,2-5,11-12H2,1H3,(H,22,24)/t15-/m1/s1. The Morgan fingerprint density at radius 3 is 2.50 bits per heavy atom. The van der Waals surface area contributed by atoms with Gasteiger partial charge < -0.3 is 15.0 Å². The van der Waals surface area contributed by atoms with Crippen molar-refractivity contribution in [2.75, 3.05) is 18.4 Å². The van der Waals surface area contributed by atoms with Crippen LogP contribution in [0.25, 0.3) is 0 Å². The number of esters is 1. The summed E-state index contributed by atoms with van der Waals surface area (Å²) < 4.78 is 5.38. The van der Waals surface area contributed by atoms with Crippen molar-refractivity contribution in [1.82, 2.24) is 4.90 Å². The first-order valence-electron chi connectivity index (χ1n) is 9.49. The van der Waals surface area contributed by atoms with E-state index in [0.717, 1.165) is 25.7 Å². The molecule has 1 aliphatic heterocycles. The number of thiophene rings is 1. The highest BCUT2D eigenvalue weighted by atomic mass is 32.1. The summed E-state index contributed by atoms with van der Waals surface area (Å²) in [6.07, 6.45) is 3.38. The Morgan fingerprint density at radius 1 is 1.07 bits per heavy atom. The second kappa shape index (κ2) is 9.50. The fraction of sp³-hybridized carbons (Fsp3) is 0.381. The molecule has 6 nitrogen and oxygen atoms in total. The van der Waals surface area contributed by atoms with Gasteiger partial charge in [-0.05, 0) is 49.4 Å². The number of nitrogens with one attached hydrogen (secondary N) is 1. The van der Waals surface area contributed by atoms with Gasteiger partial charge in [0.05, 0.1) is 10.4 Å². The number of amides is 2. The van der Waals surface area contributed by atoms with Crippen molar-refractivity contribution < 1.29 is 19.1 Å². The average molecular weight is 401 g/mol. The highest BCUT2D eigenvalue weighted by Gasteiger charge is 2.25. The van der Waals surface area contributed by atoms with Crippen LogP contribution in [-0.2, 0) is 9.53 Å². The molecule has 0 aliphatic carbocycles. The predicted molar refractivity (Wildman–Crippen MR) is 109 cm³/mol. The Balaban J connectivity index is 1.60. The summed E-state index contributed by atoms with van der Waals surface area (Å²) in [6, 6.07) is 10.1. The molecule has 1 N–H and O–H groups in total. The monoisotopic (exact) mass is 400 g/mol. The van der Waals surface area contributed by atoms with Crippen LogP contribution in [-0.4, -0.2) is 41.9 Å². The zero-order valence-electron chi connectivity index (χ0n) is 15.8. The highest BCUT2D eigenvalue weighted by molar-refractivity contribution is 7.12. The van der Waals surface area contributed by atoms with Gasteiger partial charge >= 0.3 is 5.97 Å². The quantitative estimate of drug-likeness (QED) is 0.771. The van der Waals surface area contributed by atoms with E-state index in [1.54, 1.807) is 48.2 Å². The molecule has 0 saturated carbocycles. The van der Waals surface area contributed by atoms with Crippen LogP contribution in [0, 0.1) is 0 Å². The highest BCUT2D eigenvalue weighted by Crippen LogP contribution is 2.17. The third-order valence-corrected chi connectivity index (χ3v) is 5.52. The lowest BCUT2D eigenvalue weighted by Gasteiger charge is -2.24. The molecule has 1 saturated heterocycles. The molecular formula is C21H24N2O4S.